The molecule has 6 nitrogen and oxygen atoms in total. The van der Waals surface area contributed by atoms with E-state index in [0.29, 0.717) is 17.1 Å². The van der Waals surface area contributed by atoms with Gasteiger partial charge < -0.3 is 10.1 Å². The van der Waals surface area contributed by atoms with Crippen molar-refractivity contribution in [2.75, 3.05) is 13.2 Å². The molecule has 2 atom stereocenters. The van der Waals surface area contributed by atoms with Crippen LogP contribution in [0.4, 0.5) is 0 Å². The number of halogens is 1. The zero-order valence-corrected chi connectivity index (χ0v) is 14.4. The fourth-order valence-electron chi connectivity index (χ4n) is 3.00. The highest BCUT2D eigenvalue weighted by molar-refractivity contribution is 6.33. The topological polar surface area (TPSA) is 69.0 Å². The average Bonchev–Trinajstić information content (AvgIpc) is 3.09. The van der Waals surface area contributed by atoms with Gasteiger partial charge in [-0.2, -0.15) is 5.10 Å². The lowest BCUT2D eigenvalue weighted by molar-refractivity contribution is -0.0273. The summed E-state index contributed by atoms with van der Waals surface area (Å²) in [7, 11) is 0. The van der Waals surface area contributed by atoms with E-state index in [4.69, 9.17) is 16.3 Å². The van der Waals surface area contributed by atoms with Gasteiger partial charge in [0.2, 0.25) is 0 Å². The molecule has 128 valence electrons. The van der Waals surface area contributed by atoms with Crippen molar-refractivity contribution in [1.82, 2.24) is 20.1 Å². The number of nitrogens with zero attached hydrogens (tertiary/aromatic N) is 3. The second-order valence-electron chi connectivity index (χ2n) is 5.89. The lowest BCUT2D eigenvalue weighted by atomic mass is 9.90. The van der Waals surface area contributed by atoms with Crippen molar-refractivity contribution in [2.24, 2.45) is 5.92 Å². The fourth-order valence-corrected chi connectivity index (χ4v) is 3.20. The Morgan fingerprint density at radius 2 is 2.38 bits per heavy atom. The van der Waals surface area contributed by atoms with Crippen LogP contribution in [0.15, 0.2) is 30.9 Å². The molecular formula is C17H21ClN4O2. The first-order valence-corrected chi connectivity index (χ1v) is 8.58. The molecule has 0 radical (unpaired) electrons. The van der Waals surface area contributed by atoms with E-state index in [0.717, 1.165) is 31.6 Å². The molecule has 0 saturated carbocycles. The molecule has 0 spiro atoms. The molecule has 0 bridgehead atoms. The summed E-state index contributed by atoms with van der Waals surface area (Å²) in [5.41, 5.74) is 1.51. The molecule has 2 aromatic rings. The van der Waals surface area contributed by atoms with Gasteiger partial charge in [0.1, 0.15) is 0 Å². The van der Waals surface area contributed by atoms with Crippen LogP contribution in [-0.2, 0) is 11.3 Å². The highest BCUT2D eigenvalue weighted by Gasteiger charge is 2.29. The van der Waals surface area contributed by atoms with Crippen LogP contribution in [0, 0.1) is 5.92 Å². The number of hydrogen-bond acceptors (Lipinski definition) is 4. The molecule has 1 aliphatic rings. The molecule has 7 heteroatoms. The van der Waals surface area contributed by atoms with Gasteiger partial charge in [-0.15, -0.1) is 0 Å². The van der Waals surface area contributed by atoms with Gasteiger partial charge in [0, 0.05) is 49.8 Å². The van der Waals surface area contributed by atoms with Crippen molar-refractivity contribution in [2.45, 2.75) is 32.4 Å². The van der Waals surface area contributed by atoms with Crippen LogP contribution in [0.5, 0.6) is 0 Å². The largest absolute Gasteiger partial charge is 0.373 e. The van der Waals surface area contributed by atoms with E-state index in [-0.39, 0.29) is 17.9 Å². The number of rotatable bonds is 5. The first kappa shape index (κ1) is 16.9. The Morgan fingerprint density at radius 3 is 3.12 bits per heavy atom. The van der Waals surface area contributed by atoms with E-state index in [9.17, 15) is 4.79 Å². The summed E-state index contributed by atoms with van der Waals surface area (Å²) in [4.78, 5) is 16.2. The first-order valence-electron chi connectivity index (χ1n) is 8.20. The van der Waals surface area contributed by atoms with Crippen LogP contribution in [-0.4, -0.2) is 33.8 Å². The van der Waals surface area contributed by atoms with Crippen molar-refractivity contribution >= 4 is 17.5 Å². The van der Waals surface area contributed by atoms with E-state index < -0.39 is 0 Å². The zero-order valence-electron chi connectivity index (χ0n) is 13.6. The molecule has 3 heterocycles. The number of pyridine rings is 1. The summed E-state index contributed by atoms with van der Waals surface area (Å²) in [5.74, 6) is 0.0359. The number of carbonyl (C=O) groups is 1. The molecular weight excluding hydrogens is 328 g/mol. The van der Waals surface area contributed by atoms with Crippen molar-refractivity contribution in [3.63, 3.8) is 0 Å². The standard InChI is InChI=1S/C17H21ClN4O2/c1-2-22-11-13(9-21-22)16-12(4-3-7-24-16)8-20-17(23)14-5-6-19-10-15(14)18/h5-6,9-12,16H,2-4,7-8H2,1H3,(H,20,23)/t12-,16+/m0/s1. The Bertz CT molecular complexity index is 703. The smallest absolute Gasteiger partial charge is 0.252 e. The van der Waals surface area contributed by atoms with Gasteiger partial charge in [-0.3, -0.25) is 14.5 Å². The monoisotopic (exact) mass is 348 g/mol. The minimum absolute atomic E-state index is 0.0349. The van der Waals surface area contributed by atoms with E-state index in [1.165, 1.54) is 6.20 Å². The molecule has 1 aliphatic heterocycles. The minimum Gasteiger partial charge on any atom is -0.373 e. The number of amides is 1. The van der Waals surface area contributed by atoms with Gasteiger partial charge in [-0.1, -0.05) is 11.6 Å². The Balaban J connectivity index is 1.66. The van der Waals surface area contributed by atoms with E-state index in [1.807, 2.05) is 17.1 Å². The number of carbonyl (C=O) groups excluding carboxylic acids is 1. The van der Waals surface area contributed by atoms with Crippen LogP contribution < -0.4 is 5.32 Å². The Labute approximate surface area is 146 Å². The quantitative estimate of drug-likeness (QED) is 0.902. The third-order valence-electron chi connectivity index (χ3n) is 4.29. The third-order valence-corrected chi connectivity index (χ3v) is 4.59. The normalized spacial score (nSPS) is 20.8. The molecule has 24 heavy (non-hydrogen) atoms. The molecule has 0 aromatic carbocycles. The van der Waals surface area contributed by atoms with Crippen molar-refractivity contribution in [3.05, 3.63) is 47.0 Å². The van der Waals surface area contributed by atoms with Crippen molar-refractivity contribution in [1.29, 1.82) is 0 Å². The molecule has 2 aromatic heterocycles. The van der Waals surface area contributed by atoms with Gasteiger partial charge in [-0.25, -0.2) is 0 Å². The molecule has 0 unspecified atom stereocenters. The van der Waals surface area contributed by atoms with Gasteiger partial charge >= 0.3 is 0 Å². The number of nitrogens with one attached hydrogen (secondary N) is 1. The second-order valence-corrected chi connectivity index (χ2v) is 6.30. The van der Waals surface area contributed by atoms with Gasteiger partial charge in [0.15, 0.2) is 0 Å². The number of aryl methyl sites for hydroxylation is 1. The minimum atomic E-state index is -0.184. The van der Waals surface area contributed by atoms with Crippen LogP contribution in [0.3, 0.4) is 0 Å². The number of aromatic nitrogens is 3. The Hall–Kier alpha value is -1.92. The first-order chi connectivity index (χ1) is 11.7. The van der Waals surface area contributed by atoms with Crippen LogP contribution >= 0.6 is 11.6 Å². The van der Waals surface area contributed by atoms with Crippen molar-refractivity contribution in [3.8, 4) is 0 Å². The van der Waals surface area contributed by atoms with E-state index in [2.05, 4.69) is 22.3 Å². The Kier molecular flexibility index (Phi) is 5.48. The third kappa shape index (κ3) is 3.76. The molecule has 1 saturated heterocycles. The predicted molar refractivity (Wildman–Crippen MR) is 90.9 cm³/mol. The Morgan fingerprint density at radius 1 is 1.50 bits per heavy atom. The molecule has 1 N–H and O–H groups in total. The predicted octanol–water partition coefficient (Wildman–Crippen LogP) is 2.85. The maximum Gasteiger partial charge on any atom is 0.252 e. The summed E-state index contributed by atoms with van der Waals surface area (Å²) in [5, 5.41) is 7.65. The van der Waals surface area contributed by atoms with Crippen LogP contribution in [0.2, 0.25) is 5.02 Å². The molecule has 3 rings (SSSR count). The number of ether oxygens (including phenoxy) is 1. The SMILES string of the molecule is CCn1cc([C@@H]2OCCC[C@H]2CNC(=O)c2ccncc2Cl)cn1. The van der Waals surface area contributed by atoms with Crippen molar-refractivity contribution < 1.29 is 9.53 Å². The number of hydrogen-bond donors (Lipinski definition) is 1. The van der Waals surface area contributed by atoms with Gasteiger partial charge in [0.05, 0.1) is 22.9 Å². The summed E-state index contributed by atoms with van der Waals surface area (Å²) in [6.07, 6.45) is 8.88. The van der Waals surface area contributed by atoms with Crippen LogP contribution in [0.1, 0.15) is 41.8 Å². The zero-order chi connectivity index (χ0) is 16.9. The lowest BCUT2D eigenvalue weighted by Crippen LogP contribution is -2.35. The second kappa shape index (κ2) is 7.77. The molecule has 1 fully saturated rings. The summed E-state index contributed by atoms with van der Waals surface area (Å²) >= 11 is 6.02. The maximum absolute atomic E-state index is 12.3. The van der Waals surface area contributed by atoms with Gasteiger partial charge in [-0.05, 0) is 25.8 Å². The average molecular weight is 349 g/mol. The summed E-state index contributed by atoms with van der Waals surface area (Å²) < 4.78 is 7.84. The highest BCUT2D eigenvalue weighted by Crippen LogP contribution is 2.33. The molecule has 0 aliphatic carbocycles. The highest BCUT2D eigenvalue weighted by atomic mass is 35.5. The van der Waals surface area contributed by atoms with Crippen LogP contribution in [0.25, 0.3) is 0 Å². The fraction of sp³-hybridized carbons (Fsp3) is 0.471. The maximum atomic E-state index is 12.3. The molecule has 1 amide bonds. The summed E-state index contributed by atoms with van der Waals surface area (Å²) in [6, 6.07) is 1.62. The van der Waals surface area contributed by atoms with E-state index in [1.54, 1.807) is 12.3 Å². The van der Waals surface area contributed by atoms with E-state index >= 15 is 0 Å². The van der Waals surface area contributed by atoms with Gasteiger partial charge in [0.25, 0.3) is 5.91 Å². The lowest BCUT2D eigenvalue weighted by Gasteiger charge is -2.31. The summed E-state index contributed by atoms with van der Waals surface area (Å²) in [6.45, 7) is 4.16.